The van der Waals surface area contributed by atoms with E-state index in [0.717, 1.165) is 75.6 Å². The molecule has 9 heteroatoms. The molecule has 2 N–H and O–H groups in total. The molecule has 0 unspecified atom stereocenters. The molecular weight excluding hydrogens is 492 g/mol. The average Bonchev–Trinajstić information content (AvgIpc) is 3.72. The van der Waals surface area contributed by atoms with Gasteiger partial charge in [0, 0.05) is 60.8 Å². The van der Waals surface area contributed by atoms with Gasteiger partial charge in [-0.3, -0.25) is 14.3 Å². The molecule has 2 aliphatic heterocycles. The van der Waals surface area contributed by atoms with E-state index in [1.165, 1.54) is 31.5 Å². The van der Waals surface area contributed by atoms with E-state index < -0.39 is 0 Å². The summed E-state index contributed by atoms with van der Waals surface area (Å²) in [5.74, 6) is 0.526. The average molecular weight is 527 g/mol. The van der Waals surface area contributed by atoms with Gasteiger partial charge in [-0.2, -0.15) is 5.10 Å². The number of carbonyl (C=O) groups is 2. The highest BCUT2D eigenvalue weighted by atomic mass is 16.5. The third kappa shape index (κ3) is 3.98. The maximum absolute atomic E-state index is 13.2. The van der Waals surface area contributed by atoms with E-state index in [4.69, 9.17) is 4.74 Å². The summed E-state index contributed by atoms with van der Waals surface area (Å²) in [7, 11) is 4.03. The van der Waals surface area contributed by atoms with Crippen molar-refractivity contribution >= 4 is 33.6 Å². The van der Waals surface area contributed by atoms with E-state index in [-0.39, 0.29) is 18.4 Å². The fourth-order valence-corrected chi connectivity index (χ4v) is 6.85. The van der Waals surface area contributed by atoms with Crippen molar-refractivity contribution in [2.75, 3.05) is 32.8 Å². The van der Waals surface area contributed by atoms with Crippen LogP contribution in [-0.2, 0) is 38.3 Å². The summed E-state index contributed by atoms with van der Waals surface area (Å²) in [6.45, 7) is 4.53. The molecule has 7 rings (SSSR count). The molecule has 2 amide bonds. The summed E-state index contributed by atoms with van der Waals surface area (Å²) in [6, 6.07) is 6.00. The van der Waals surface area contributed by atoms with E-state index in [9.17, 15) is 9.59 Å². The van der Waals surface area contributed by atoms with Crippen LogP contribution >= 0.6 is 0 Å². The molecule has 0 saturated carbocycles. The normalized spacial score (nSPS) is 16.4. The minimum Gasteiger partial charge on any atom is -0.484 e. The zero-order chi connectivity index (χ0) is 26.7. The molecule has 2 aromatic heterocycles. The van der Waals surface area contributed by atoms with Crippen molar-refractivity contribution in [1.29, 1.82) is 0 Å². The molecule has 1 saturated heterocycles. The van der Waals surface area contributed by atoms with Crippen molar-refractivity contribution in [2.24, 2.45) is 14.1 Å². The van der Waals surface area contributed by atoms with E-state index in [1.54, 1.807) is 0 Å². The Morgan fingerprint density at radius 1 is 1.13 bits per heavy atom. The summed E-state index contributed by atoms with van der Waals surface area (Å²) in [5, 5.41) is 12.9. The number of amides is 2. The number of carbonyl (C=O) groups excluding carboxylic acids is 2. The first kappa shape index (κ1) is 24.2. The standard InChI is InChI=1S/C30H34N6O3/c1-34-16-22-23(33-34)8-7-19-26(22)28-21(15-32-30(28)38)27-20-14-18(6-9-24(20)35(2)29(19)27)39-17-25(37)31-10-5-13-36-11-3-4-12-36/h6,9,14,16H,3-5,7-8,10-13,15,17H2,1-2H3,(H,31,37)(H,32,38). The third-order valence-electron chi connectivity index (χ3n) is 8.59. The molecule has 4 heterocycles. The number of hydrogen-bond donors (Lipinski definition) is 2. The SMILES string of the molecule is Cn1cc2c(n1)CCc1c-2c2c(c3c4cc(OCC(=O)NCCCN5CCCC5)ccc4n(C)c13)CNC2=O. The number of fused-ring (bicyclic) bond motifs is 10. The van der Waals surface area contributed by atoms with Gasteiger partial charge in [0.2, 0.25) is 0 Å². The number of nitrogens with zero attached hydrogens (tertiary/aromatic N) is 4. The Balaban J connectivity index is 1.19. The van der Waals surface area contributed by atoms with Crippen LogP contribution in [0.15, 0.2) is 24.4 Å². The van der Waals surface area contributed by atoms with Crippen LogP contribution in [0.2, 0.25) is 0 Å². The zero-order valence-corrected chi connectivity index (χ0v) is 22.6. The molecule has 0 bridgehead atoms. The predicted molar refractivity (Wildman–Crippen MR) is 150 cm³/mol. The lowest BCUT2D eigenvalue weighted by Crippen LogP contribution is -2.32. The zero-order valence-electron chi connectivity index (χ0n) is 22.6. The summed E-state index contributed by atoms with van der Waals surface area (Å²) in [6.07, 6.45) is 7.24. The molecule has 3 aliphatic rings. The first-order chi connectivity index (χ1) is 19.0. The number of hydrogen-bond acceptors (Lipinski definition) is 5. The Morgan fingerprint density at radius 2 is 1.97 bits per heavy atom. The lowest BCUT2D eigenvalue weighted by Gasteiger charge is -2.20. The van der Waals surface area contributed by atoms with Crippen LogP contribution < -0.4 is 15.4 Å². The van der Waals surface area contributed by atoms with Crippen LogP contribution in [0.3, 0.4) is 0 Å². The molecule has 0 radical (unpaired) electrons. The van der Waals surface area contributed by atoms with Crippen LogP contribution in [0.25, 0.3) is 32.9 Å². The molecule has 0 atom stereocenters. The van der Waals surface area contributed by atoms with Crippen molar-refractivity contribution < 1.29 is 14.3 Å². The fraction of sp³-hybridized carbons (Fsp3) is 0.433. The molecule has 0 spiro atoms. The molecule has 1 aliphatic carbocycles. The Hall–Kier alpha value is -3.85. The Morgan fingerprint density at radius 3 is 2.82 bits per heavy atom. The first-order valence-corrected chi connectivity index (χ1v) is 14.0. The van der Waals surface area contributed by atoms with Gasteiger partial charge in [-0.25, -0.2) is 0 Å². The predicted octanol–water partition coefficient (Wildman–Crippen LogP) is 3.05. The van der Waals surface area contributed by atoms with Crippen molar-refractivity contribution in [3.05, 3.63) is 46.8 Å². The lowest BCUT2D eigenvalue weighted by molar-refractivity contribution is -0.123. The molecule has 9 nitrogen and oxygen atoms in total. The highest BCUT2D eigenvalue weighted by Crippen LogP contribution is 2.46. The molecule has 1 fully saturated rings. The minimum atomic E-state index is -0.105. The largest absolute Gasteiger partial charge is 0.484 e. The molecule has 2 aromatic carbocycles. The van der Waals surface area contributed by atoms with Crippen molar-refractivity contribution in [1.82, 2.24) is 29.9 Å². The summed E-state index contributed by atoms with van der Waals surface area (Å²) in [4.78, 5) is 28.0. The van der Waals surface area contributed by atoms with Gasteiger partial charge in [-0.05, 0) is 81.1 Å². The second-order valence-electron chi connectivity index (χ2n) is 11.1. The Bertz CT molecular complexity index is 1640. The van der Waals surface area contributed by atoms with Crippen LogP contribution in [0.1, 0.15) is 46.4 Å². The van der Waals surface area contributed by atoms with Crippen LogP contribution in [0.5, 0.6) is 5.75 Å². The highest BCUT2D eigenvalue weighted by Gasteiger charge is 2.35. The van der Waals surface area contributed by atoms with Crippen LogP contribution in [0.4, 0.5) is 0 Å². The van der Waals surface area contributed by atoms with Gasteiger partial charge >= 0.3 is 0 Å². The number of aryl methyl sites for hydroxylation is 4. The Kier molecular flexibility index (Phi) is 5.84. The van der Waals surface area contributed by atoms with Gasteiger partial charge in [-0.15, -0.1) is 0 Å². The van der Waals surface area contributed by atoms with Crippen molar-refractivity contribution in [3.8, 4) is 16.9 Å². The number of ether oxygens (including phenoxy) is 1. The van der Waals surface area contributed by atoms with Crippen molar-refractivity contribution in [2.45, 2.75) is 38.6 Å². The second-order valence-corrected chi connectivity index (χ2v) is 11.1. The van der Waals surface area contributed by atoms with Gasteiger partial charge in [0.15, 0.2) is 6.61 Å². The monoisotopic (exact) mass is 526 g/mol. The smallest absolute Gasteiger partial charge is 0.257 e. The summed E-state index contributed by atoms with van der Waals surface area (Å²) in [5.41, 5.74) is 8.40. The van der Waals surface area contributed by atoms with E-state index in [1.807, 2.05) is 30.1 Å². The highest BCUT2D eigenvalue weighted by molar-refractivity contribution is 6.19. The molecule has 202 valence electrons. The first-order valence-electron chi connectivity index (χ1n) is 14.0. The van der Waals surface area contributed by atoms with Gasteiger partial charge in [0.05, 0.1) is 16.8 Å². The topological polar surface area (TPSA) is 93.4 Å². The van der Waals surface area contributed by atoms with Crippen molar-refractivity contribution in [3.63, 3.8) is 0 Å². The van der Waals surface area contributed by atoms with E-state index in [2.05, 4.69) is 38.3 Å². The lowest BCUT2D eigenvalue weighted by atomic mass is 9.83. The third-order valence-corrected chi connectivity index (χ3v) is 8.59. The van der Waals surface area contributed by atoms with Gasteiger partial charge in [-0.1, -0.05) is 0 Å². The fourth-order valence-electron chi connectivity index (χ4n) is 6.85. The molecular formula is C30H34N6O3. The summed E-state index contributed by atoms with van der Waals surface area (Å²) >= 11 is 0. The summed E-state index contributed by atoms with van der Waals surface area (Å²) < 4.78 is 10.0. The number of benzene rings is 2. The number of likely N-dealkylation sites (tertiary alicyclic amines) is 1. The van der Waals surface area contributed by atoms with Crippen LogP contribution in [-0.4, -0.2) is 63.8 Å². The van der Waals surface area contributed by atoms with E-state index >= 15 is 0 Å². The molecule has 4 aromatic rings. The Labute approximate surface area is 227 Å². The second kappa shape index (κ2) is 9.41. The quantitative estimate of drug-likeness (QED) is 0.361. The maximum atomic E-state index is 13.2. The van der Waals surface area contributed by atoms with Gasteiger partial charge in [0.1, 0.15) is 5.75 Å². The van der Waals surface area contributed by atoms with Gasteiger partial charge < -0.3 is 24.8 Å². The number of nitrogens with one attached hydrogen (secondary N) is 2. The van der Waals surface area contributed by atoms with Gasteiger partial charge in [0.25, 0.3) is 11.8 Å². The number of aromatic nitrogens is 3. The minimum absolute atomic E-state index is 0.0165. The number of rotatable bonds is 7. The maximum Gasteiger partial charge on any atom is 0.257 e. The van der Waals surface area contributed by atoms with E-state index in [0.29, 0.717) is 18.8 Å². The molecule has 39 heavy (non-hydrogen) atoms. The van der Waals surface area contributed by atoms with Crippen LogP contribution in [0, 0.1) is 0 Å².